The molecule has 2 atom stereocenters. The lowest BCUT2D eigenvalue weighted by molar-refractivity contribution is -0.0367. The zero-order chi connectivity index (χ0) is 29.2. The van der Waals surface area contributed by atoms with Crippen LogP contribution >= 0.6 is 0 Å². The SMILES string of the molecule is CNC[C@H](C)Oc1c(-c2cc3c(C#C[Si](C(C)C)(C(C)C)C(C)C)nn(C4CCCCO4)c3cn2)c(C)nn1C. The normalized spacial score (nSPS) is 17.1. The van der Waals surface area contributed by atoms with Crippen molar-refractivity contribution in [1.82, 2.24) is 29.9 Å². The molecule has 1 saturated heterocycles. The van der Waals surface area contributed by atoms with E-state index in [0.29, 0.717) is 22.5 Å². The van der Waals surface area contributed by atoms with Gasteiger partial charge in [0, 0.05) is 25.6 Å². The van der Waals surface area contributed by atoms with Gasteiger partial charge in [-0.2, -0.15) is 10.2 Å². The van der Waals surface area contributed by atoms with Crippen LogP contribution in [0.1, 0.15) is 85.3 Å². The van der Waals surface area contributed by atoms with Gasteiger partial charge in [-0.15, -0.1) is 5.54 Å². The Morgan fingerprint density at radius 2 is 1.80 bits per heavy atom. The molecule has 1 aliphatic heterocycles. The molecule has 0 aliphatic carbocycles. The molecule has 0 saturated carbocycles. The van der Waals surface area contributed by atoms with E-state index in [0.717, 1.165) is 66.0 Å². The fourth-order valence-electron chi connectivity index (χ4n) is 6.59. The van der Waals surface area contributed by atoms with Crippen molar-refractivity contribution in [3.63, 3.8) is 0 Å². The number of hydrogen-bond donors (Lipinski definition) is 1. The molecule has 4 rings (SSSR count). The number of hydrogen-bond acceptors (Lipinski definition) is 6. The molecule has 3 aromatic rings. The first-order valence-electron chi connectivity index (χ1n) is 14.9. The number of ether oxygens (including phenoxy) is 2. The minimum Gasteiger partial charge on any atom is -0.473 e. The number of fused-ring (bicyclic) bond motifs is 1. The molecule has 0 aromatic carbocycles. The first kappa shape index (κ1) is 30.3. The van der Waals surface area contributed by atoms with Crippen molar-refractivity contribution in [2.24, 2.45) is 7.05 Å². The molecule has 0 amide bonds. The van der Waals surface area contributed by atoms with Gasteiger partial charge in [0.2, 0.25) is 5.88 Å². The van der Waals surface area contributed by atoms with Crippen LogP contribution in [-0.2, 0) is 11.8 Å². The van der Waals surface area contributed by atoms with E-state index in [9.17, 15) is 0 Å². The highest BCUT2D eigenvalue weighted by Crippen LogP contribution is 2.41. The fraction of sp³-hybridized carbons (Fsp3) is 0.645. The Hall–Kier alpha value is -2.67. The van der Waals surface area contributed by atoms with Gasteiger partial charge in [-0.25, -0.2) is 9.36 Å². The van der Waals surface area contributed by atoms with Crippen molar-refractivity contribution >= 4 is 19.0 Å². The third-order valence-electron chi connectivity index (χ3n) is 8.51. The highest BCUT2D eigenvalue weighted by molar-refractivity contribution is 6.90. The molecule has 1 fully saturated rings. The Morgan fingerprint density at radius 3 is 2.40 bits per heavy atom. The topological polar surface area (TPSA) is 79.0 Å². The summed E-state index contributed by atoms with van der Waals surface area (Å²) >= 11 is 0. The van der Waals surface area contributed by atoms with Crippen LogP contribution in [0.3, 0.4) is 0 Å². The van der Waals surface area contributed by atoms with Gasteiger partial charge in [0.1, 0.15) is 19.9 Å². The van der Waals surface area contributed by atoms with E-state index in [1.807, 2.05) is 31.9 Å². The molecule has 0 bridgehead atoms. The first-order chi connectivity index (χ1) is 19.0. The predicted octanol–water partition coefficient (Wildman–Crippen LogP) is 6.40. The standard InChI is InChI=1S/C31H48N6O2Si/c1-20(2)40(21(3)4,22(5)6)16-14-26-25-17-27(30-24(8)34-36(10)31(30)39-23(7)18-32-9)33-19-28(25)37(35-26)29-13-11-12-15-38-29/h17,19-23,29,32H,11-13,15,18H2,1-10H3/t23-,29?/m0/s1. The summed E-state index contributed by atoms with van der Waals surface area (Å²) in [5.74, 6) is 4.35. The molecule has 8 nitrogen and oxygen atoms in total. The minimum atomic E-state index is -1.94. The van der Waals surface area contributed by atoms with Gasteiger partial charge in [-0.05, 0) is 62.8 Å². The predicted molar refractivity (Wildman–Crippen MR) is 165 cm³/mol. The van der Waals surface area contributed by atoms with Crippen LogP contribution in [0.5, 0.6) is 5.88 Å². The summed E-state index contributed by atoms with van der Waals surface area (Å²) < 4.78 is 16.3. The zero-order valence-corrected chi connectivity index (χ0v) is 27.1. The molecule has 3 aromatic heterocycles. The van der Waals surface area contributed by atoms with Gasteiger partial charge >= 0.3 is 0 Å². The molecule has 0 spiro atoms. The molecule has 1 N–H and O–H groups in total. The molecule has 0 radical (unpaired) electrons. The van der Waals surface area contributed by atoms with E-state index in [2.05, 4.69) is 76.4 Å². The maximum atomic E-state index is 6.34. The van der Waals surface area contributed by atoms with Gasteiger partial charge in [0.15, 0.2) is 6.23 Å². The fourth-order valence-corrected chi connectivity index (χ4v) is 11.8. The Labute approximate surface area is 241 Å². The van der Waals surface area contributed by atoms with E-state index in [-0.39, 0.29) is 12.3 Å². The number of pyridine rings is 1. The van der Waals surface area contributed by atoms with Gasteiger partial charge in [-0.1, -0.05) is 47.5 Å². The molecule has 1 unspecified atom stereocenters. The third-order valence-corrected chi connectivity index (χ3v) is 14.8. The molecular weight excluding hydrogens is 516 g/mol. The van der Waals surface area contributed by atoms with E-state index in [1.54, 1.807) is 4.68 Å². The highest BCUT2D eigenvalue weighted by atomic mass is 28.3. The highest BCUT2D eigenvalue weighted by Gasteiger charge is 2.41. The zero-order valence-electron chi connectivity index (χ0n) is 26.1. The van der Waals surface area contributed by atoms with Crippen molar-refractivity contribution in [1.29, 1.82) is 0 Å². The second kappa shape index (κ2) is 12.5. The average Bonchev–Trinajstić information content (AvgIpc) is 3.40. The lowest BCUT2D eigenvalue weighted by Crippen LogP contribution is -2.43. The third kappa shape index (κ3) is 5.72. The average molecular weight is 565 g/mol. The maximum Gasteiger partial charge on any atom is 0.221 e. The first-order valence-corrected chi connectivity index (χ1v) is 17.1. The lowest BCUT2D eigenvalue weighted by Gasteiger charge is -2.38. The molecular formula is C31H48N6O2Si. The number of aryl methyl sites for hydroxylation is 2. The smallest absolute Gasteiger partial charge is 0.221 e. The van der Waals surface area contributed by atoms with E-state index in [4.69, 9.17) is 19.6 Å². The Balaban J connectivity index is 1.90. The van der Waals surface area contributed by atoms with Crippen molar-refractivity contribution in [3.05, 3.63) is 23.7 Å². The second-order valence-electron chi connectivity index (χ2n) is 12.2. The number of likely N-dealkylation sites (N-methyl/N-ethyl adjacent to an activating group) is 1. The van der Waals surface area contributed by atoms with E-state index < -0.39 is 8.07 Å². The van der Waals surface area contributed by atoms with Gasteiger partial charge in [0.05, 0.1) is 28.7 Å². The van der Waals surface area contributed by atoms with Crippen LogP contribution in [-0.4, -0.2) is 58.9 Å². The number of rotatable bonds is 9. The summed E-state index contributed by atoms with van der Waals surface area (Å²) in [5, 5.41) is 14.0. The van der Waals surface area contributed by atoms with Crippen molar-refractivity contribution in [2.75, 3.05) is 20.2 Å². The van der Waals surface area contributed by atoms with Crippen molar-refractivity contribution in [2.45, 2.75) is 104 Å². The van der Waals surface area contributed by atoms with E-state index in [1.165, 1.54) is 0 Å². The van der Waals surface area contributed by atoms with E-state index >= 15 is 0 Å². The number of nitrogens with zero attached hydrogens (tertiary/aromatic N) is 5. The molecule has 218 valence electrons. The van der Waals surface area contributed by atoms with Crippen molar-refractivity contribution in [3.8, 4) is 28.6 Å². The van der Waals surface area contributed by atoms with Crippen LogP contribution in [0.15, 0.2) is 12.3 Å². The second-order valence-corrected chi connectivity index (χ2v) is 17.8. The number of nitrogens with one attached hydrogen (secondary N) is 1. The van der Waals surface area contributed by atoms with Crippen LogP contribution in [0, 0.1) is 18.4 Å². The molecule has 4 heterocycles. The van der Waals surface area contributed by atoms with Crippen LogP contribution in [0.2, 0.25) is 16.6 Å². The largest absolute Gasteiger partial charge is 0.473 e. The minimum absolute atomic E-state index is 0.0175. The maximum absolute atomic E-state index is 6.34. The quantitative estimate of drug-likeness (QED) is 0.239. The summed E-state index contributed by atoms with van der Waals surface area (Å²) in [6.45, 7) is 19.6. The Kier molecular flexibility index (Phi) is 9.43. The van der Waals surface area contributed by atoms with Crippen molar-refractivity contribution < 1.29 is 9.47 Å². The Morgan fingerprint density at radius 1 is 1.10 bits per heavy atom. The van der Waals surface area contributed by atoms with Crippen LogP contribution < -0.4 is 10.1 Å². The number of aromatic nitrogens is 5. The monoisotopic (exact) mass is 564 g/mol. The van der Waals surface area contributed by atoms with Crippen LogP contribution in [0.4, 0.5) is 0 Å². The van der Waals surface area contributed by atoms with Gasteiger partial charge < -0.3 is 14.8 Å². The summed E-state index contributed by atoms with van der Waals surface area (Å²) in [4.78, 5) is 4.92. The summed E-state index contributed by atoms with van der Waals surface area (Å²) in [7, 11) is 1.90. The molecule has 1 aliphatic rings. The summed E-state index contributed by atoms with van der Waals surface area (Å²) in [6.07, 6.45) is 4.97. The Bertz CT molecular complexity index is 1350. The molecule has 40 heavy (non-hydrogen) atoms. The van der Waals surface area contributed by atoms with Gasteiger partial charge in [0.25, 0.3) is 0 Å². The summed E-state index contributed by atoms with van der Waals surface area (Å²) in [6, 6.07) is 2.12. The van der Waals surface area contributed by atoms with Gasteiger partial charge in [-0.3, -0.25) is 4.98 Å². The lowest BCUT2D eigenvalue weighted by atomic mass is 10.1. The molecule has 9 heteroatoms. The van der Waals surface area contributed by atoms with Crippen LogP contribution in [0.25, 0.3) is 22.2 Å². The summed E-state index contributed by atoms with van der Waals surface area (Å²) in [5.41, 5.74) is 9.89.